The van der Waals surface area contributed by atoms with Crippen LogP contribution in [0.15, 0.2) is 59.3 Å². The van der Waals surface area contributed by atoms with Crippen molar-refractivity contribution >= 4 is 23.0 Å². The van der Waals surface area contributed by atoms with Crippen LogP contribution in [0.4, 0.5) is 6.01 Å². The lowest BCUT2D eigenvalue weighted by atomic mass is 10.1. The molecule has 0 radical (unpaired) electrons. The van der Waals surface area contributed by atoms with Crippen LogP contribution in [0.5, 0.6) is 0 Å². The molecular formula is C23H24N6O2. The number of hydrogen-bond acceptors (Lipinski definition) is 6. The largest absolute Gasteiger partial charge is 0.423 e. The first-order chi connectivity index (χ1) is 15.1. The number of aromatic nitrogens is 4. The highest BCUT2D eigenvalue weighted by molar-refractivity contribution is 5.98. The Morgan fingerprint density at radius 1 is 1.10 bits per heavy atom. The molecule has 8 nitrogen and oxygen atoms in total. The highest BCUT2D eigenvalue weighted by Gasteiger charge is 2.29. The normalized spacial score (nSPS) is 17.2. The molecule has 2 aromatic carbocycles. The molecule has 5 rings (SSSR count). The molecule has 1 aliphatic heterocycles. The molecule has 8 heteroatoms. The summed E-state index contributed by atoms with van der Waals surface area (Å²) in [6.07, 6.45) is 4.05. The second kappa shape index (κ2) is 7.86. The Bertz CT molecular complexity index is 1180. The standard InChI is InChI=1S/C23H24N6O2/c1-16-8-9-20(29-24-10-11-25-29)18(14-16)22(30)28-13-5-12-27(15-17(28)2)23-26-19-6-3-4-7-21(19)31-23/h3-4,6-11,14,17H,5,12-13,15H2,1-2H3. The molecular weight excluding hydrogens is 392 g/mol. The van der Waals surface area contributed by atoms with Gasteiger partial charge in [-0.05, 0) is 44.5 Å². The molecule has 1 atom stereocenters. The Kier molecular flexibility index (Phi) is 4.89. The molecule has 0 bridgehead atoms. The molecule has 1 aliphatic rings. The van der Waals surface area contributed by atoms with Crippen LogP contribution in [0.3, 0.4) is 0 Å². The lowest BCUT2D eigenvalue weighted by Gasteiger charge is -2.29. The van der Waals surface area contributed by atoms with Crippen LogP contribution in [0.2, 0.25) is 0 Å². The second-order valence-corrected chi connectivity index (χ2v) is 7.95. The first-order valence-electron chi connectivity index (χ1n) is 10.5. The van der Waals surface area contributed by atoms with Crippen LogP contribution in [-0.2, 0) is 0 Å². The average Bonchev–Trinajstić information content (AvgIpc) is 3.41. The number of aryl methyl sites for hydroxylation is 1. The quantitative estimate of drug-likeness (QED) is 0.509. The van der Waals surface area contributed by atoms with Gasteiger partial charge in [-0.25, -0.2) is 0 Å². The lowest BCUT2D eigenvalue weighted by molar-refractivity contribution is 0.0708. The van der Waals surface area contributed by atoms with Gasteiger partial charge < -0.3 is 14.2 Å². The molecule has 1 fully saturated rings. The first-order valence-corrected chi connectivity index (χ1v) is 10.5. The predicted molar refractivity (Wildman–Crippen MR) is 117 cm³/mol. The number of anilines is 1. The third kappa shape index (κ3) is 3.65. The van der Waals surface area contributed by atoms with Gasteiger partial charge in [0.25, 0.3) is 11.9 Å². The van der Waals surface area contributed by atoms with Crippen LogP contribution >= 0.6 is 0 Å². The maximum Gasteiger partial charge on any atom is 0.298 e. The molecule has 0 spiro atoms. The van der Waals surface area contributed by atoms with E-state index in [1.165, 1.54) is 4.80 Å². The molecule has 1 unspecified atom stereocenters. The van der Waals surface area contributed by atoms with Crippen molar-refractivity contribution in [3.8, 4) is 5.69 Å². The number of amides is 1. The molecule has 158 valence electrons. The monoisotopic (exact) mass is 416 g/mol. The third-order valence-corrected chi connectivity index (χ3v) is 5.67. The zero-order valence-corrected chi connectivity index (χ0v) is 17.6. The van der Waals surface area contributed by atoms with E-state index in [0.29, 0.717) is 30.4 Å². The molecule has 1 saturated heterocycles. The van der Waals surface area contributed by atoms with Crippen LogP contribution in [0, 0.1) is 6.92 Å². The number of oxazole rings is 1. The topological polar surface area (TPSA) is 80.3 Å². The summed E-state index contributed by atoms with van der Waals surface area (Å²) in [7, 11) is 0. The number of carbonyl (C=O) groups excluding carboxylic acids is 1. The second-order valence-electron chi connectivity index (χ2n) is 7.95. The highest BCUT2D eigenvalue weighted by atomic mass is 16.4. The van der Waals surface area contributed by atoms with Gasteiger partial charge in [0.1, 0.15) is 5.52 Å². The summed E-state index contributed by atoms with van der Waals surface area (Å²) >= 11 is 0. The minimum absolute atomic E-state index is 0.0102. The third-order valence-electron chi connectivity index (χ3n) is 5.67. The molecule has 0 saturated carbocycles. The fourth-order valence-corrected chi connectivity index (χ4v) is 4.12. The number of para-hydroxylation sites is 2. The molecule has 3 heterocycles. The molecule has 4 aromatic rings. The van der Waals surface area contributed by atoms with Gasteiger partial charge in [-0.3, -0.25) is 4.79 Å². The fraction of sp³-hybridized carbons (Fsp3) is 0.304. The van der Waals surface area contributed by atoms with E-state index in [1.807, 2.05) is 54.3 Å². The Hall–Kier alpha value is -3.68. The van der Waals surface area contributed by atoms with Gasteiger partial charge in [0.15, 0.2) is 5.58 Å². The summed E-state index contributed by atoms with van der Waals surface area (Å²) in [5, 5.41) is 8.44. The van der Waals surface area contributed by atoms with Crippen LogP contribution in [0.25, 0.3) is 16.8 Å². The fourth-order valence-electron chi connectivity index (χ4n) is 4.12. The van der Waals surface area contributed by atoms with Crippen molar-refractivity contribution in [2.45, 2.75) is 26.3 Å². The minimum Gasteiger partial charge on any atom is -0.423 e. The number of hydrogen-bond donors (Lipinski definition) is 0. The van der Waals surface area contributed by atoms with Crippen molar-refractivity contribution < 1.29 is 9.21 Å². The van der Waals surface area contributed by atoms with E-state index in [2.05, 4.69) is 27.0 Å². The summed E-state index contributed by atoms with van der Waals surface area (Å²) in [5.41, 5.74) is 3.94. The number of fused-ring (bicyclic) bond motifs is 1. The summed E-state index contributed by atoms with van der Waals surface area (Å²) in [5.74, 6) is -0.0112. The summed E-state index contributed by atoms with van der Waals surface area (Å²) < 4.78 is 5.97. The van der Waals surface area contributed by atoms with E-state index in [0.717, 1.165) is 29.6 Å². The molecule has 31 heavy (non-hydrogen) atoms. The van der Waals surface area contributed by atoms with E-state index < -0.39 is 0 Å². The van der Waals surface area contributed by atoms with Gasteiger partial charge >= 0.3 is 0 Å². The summed E-state index contributed by atoms with van der Waals surface area (Å²) in [6, 6.07) is 14.1. The number of carbonyl (C=O) groups is 1. The van der Waals surface area contributed by atoms with Crippen molar-refractivity contribution in [3.05, 3.63) is 66.0 Å². The highest BCUT2D eigenvalue weighted by Crippen LogP contribution is 2.25. The average molecular weight is 416 g/mol. The lowest BCUT2D eigenvalue weighted by Crippen LogP contribution is -2.43. The Labute approximate surface area is 180 Å². The van der Waals surface area contributed by atoms with E-state index in [1.54, 1.807) is 12.4 Å². The van der Waals surface area contributed by atoms with E-state index in [9.17, 15) is 4.79 Å². The summed E-state index contributed by atoms with van der Waals surface area (Å²) in [6.45, 7) is 6.15. The van der Waals surface area contributed by atoms with Crippen molar-refractivity contribution in [3.63, 3.8) is 0 Å². The predicted octanol–water partition coefficient (Wildman–Crippen LogP) is 3.46. The van der Waals surface area contributed by atoms with Gasteiger partial charge in [-0.1, -0.05) is 23.8 Å². The van der Waals surface area contributed by atoms with Gasteiger partial charge in [0.05, 0.1) is 23.6 Å². The Balaban J connectivity index is 1.42. The van der Waals surface area contributed by atoms with E-state index >= 15 is 0 Å². The molecule has 0 N–H and O–H groups in total. The van der Waals surface area contributed by atoms with Crippen molar-refractivity contribution in [2.24, 2.45) is 0 Å². The number of benzene rings is 2. The van der Waals surface area contributed by atoms with Crippen LogP contribution in [0.1, 0.15) is 29.3 Å². The van der Waals surface area contributed by atoms with E-state index in [4.69, 9.17) is 4.42 Å². The molecule has 1 amide bonds. The smallest absolute Gasteiger partial charge is 0.298 e. The van der Waals surface area contributed by atoms with Gasteiger partial charge in [-0.15, -0.1) is 0 Å². The van der Waals surface area contributed by atoms with Crippen LogP contribution in [-0.4, -0.2) is 56.5 Å². The van der Waals surface area contributed by atoms with E-state index in [-0.39, 0.29) is 11.9 Å². The Morgan fingerprint density at radius 3 is 2.71 bits per heavy atom. The first kappa shape index (κ1) is 19.3. The van der Waals surface area contributed by atoms with Crippen molar-refractivity contribution in [1.82, 2.24) is 24.9 Å². The zero-order valence-electron chi connectivity index (χ0n) is 17.6. The number of rotatable bonds is 3. The Morgan fingerprint density at radius 2 is 1.90 bits per heavy atom. The van der Waals surface area contributed by atoms with Gasteiger partial charge in [0.2, 0.25) is 0 Å². The molecule has 2 aromatic heterocycles. The maximum atomic E-state index is 13.6. The van der Waals surface area contributed by atoms with Crippen LogP contribution < -0.4 is 4.90 Å². The summed E-state index contributed by atoms with van der Waals surface area (Å²) in [4.78, 5) is 23.8. The van der Waals surface area contributed by atoms with Crippen molar-refractivity contribution in [2.75, 3.05) is 24.5 Å². The van der Waals surface area contributed by atoms with Gasteiger partial charge in [0, 0.05) is 25.7 Å². The SMILES string of the molecule is Cc1ccc(-n2nccn2)c(C(=O)N2CCCN(c3nc4ccccc4o3)CC2C)c1. The molecule has 0 aliphatic carbocycles. The zero-order chi connectivity index (χ0) is 21.4. The maximum absolute atomic E-state index is 13.6. The van der Waals surface area contributed by atoms with Crippen molar-refractivity contribution in [1.29, 1.82) is 0 Å². The minimum atomic E-state index is -0.0112. The van der Waals surface area contributed by atoms with Gasteiger partial charge in [-0.2, -0.15) is 20.0 Å². The number of nitrogens with zero attached hydrogens (tertiary/aromatic N) is 6.